The van der Waals surface area contributed by atoms with Crippen molar-refractivity contribution in [1.29, 1.82) is 0 Å². The number of nitrogens with one attached hydrogen (secondary N) is 1. The first-order chi connectivity index (χ1) is 9.17. The monoisotopic (exact) mass is 263 g/mol. The lowest BCUT2D eigenvalue weighted by Crippen LogP contribution is -2.29. The number of hydrogen-bond acceptors (Lipinski definition) is 4. The molecular formula is C14H17NO4. The number of amides is 1. The fraction of sp³-hybridized carbons (Fsp3) is 0.286. The van der Waals surface area contributed by atoms with Gasteiger partial charge in [-0.25, -0.2) is 9.59 Å². The Labute approximate surface area is 112 Å². The van der Waals surface area contributed by atoms with Crippen LogP contribution in [0.15, 0.2) is 42.1 Å². The Morgan fingerprint density at radius 1 is 1.21 bits per heavy atom. The summed E-state index contributed by atoms with van der Waals surface area (Å²) in [5.74, 6) is -0.582. The van der Waals surface area contributed by atoms with Crippen molar-refractivity contribution < 1.29 is 19.1 Å². The normalized spacial score (nSPS) is 10.7. The molecule has 5 nitrogen and oxygen atoms in total. The number of hydrogen-bond donors (Lipinski definition) is 1. The minimum absolute atomic E-state index is 0.0694. The molecule has 0 aliphatic heterocycles. The van der Waals surface area contributed by atoms with Crippen LogP contribution < -0.4 is 5.32 Å². The molecule has 0 unspecified atom stereocenters. The lowest BCUT2D eigenvalue weighted by Gasteiger charge is -2.09. The molecule has 0 radical (unpaired) electrons. The zero-order valence-corrected chi connectivity index (χ0v) is 11.0. The second-order valence-electron chi connectivity index (χ2n) is 3.61. The van der Waals surface area contributed by atoms with Crippen molar-refractivity contribution >= 4 is 12.1 Å². The van der Waals surface area contributed by atoms with Crippen LogP contribution >= 0.6 is 0 Å². The van der Waals surface area contributed by atoms with Gasteiger partial charge in [-0.05, 0) is 19.4 Å². The molecule has 0 saturated heterocycles. The summed E-state index contributed by atoms with van der Waals surface area (Å²) in [6.45, 7) is 3.71. The lowest BCUT2D eigenvalue weighted by atomic mass is 10.2. The maximum Gasteiger partial charge on any atom is 0.412 e. The number of ether oxygens (including phenoxy) is 2. The van der Waals surface area contributed by atoms with Crippen LogP contribution in [0.2, 0.25) is 0 Å². The summed E-state index contributed by atoms with van der Waals surface area (Å²) in [4.78, 5) is 22.9. The van der Waals surface area contributed by atoms with Gasteiger partial charge in [-0.1, -0.05) is 36.4 Å². The maximum absolute atomic E-state index is 11.5. The molecule has 0 atom stereocenters. The van der Waals surface area contributed by atoms with E-state index in [1.54, 1.807) is 13.8 Å². The molecule has 102 valence electrons. The smallest absolute Gasteiger partial charge is 0.412 e. The van der Waals surface area contributed by atoms with Gasteiger partial charge < -0.3 is 9.47 Å². The molecular weight excluding hydrogens is 246 g/mol. The topological polar surface area (TPSA) is 64.6 Å². The first-order valence-electron chi connectivity index (χ1n) is 5.98. The quantitative estimate of drug-likeness (QED) is 0.654. The number of carbonyl (C=O) groups is 2. The Hall–Kier alpha value is -2.30. The van der Waals surface area contributed by atoms with Gasteiger partial charge in [-0.3, -0.25) is 5.32 Å². The van der Waals surface area contributed by atoms with Gasteiger partial charge in [-0.2, -0.15) is 0 Å². The summed E-state index contributed by atoms with van der Waals surface area (Å²) in [6.07, 6.45) is 0.770. The number of allylic oxidation sites excluding steroid dienone is 1. The zero-order chi connectivity index (χ0) is 14.1. The van der Waals surface area contributed by atoms with Crippen molar-refractivity contribution in [1.82, 2.24) is 5.32 Å². The van der Waals surface area contributed by atoms with Gasteiger partial charge >= 0.3 is 12.1 Å². The van der Waals surface area contributed by atoms with E-state index in [0.29, 0.717) is 0 Å². The molecule has 0 aromatic heterocycles. The van der Waals surface area contributed by atoms with Crippen LogP contribution in [0.5, 0.6) is 0 Å². The van der Waals surface area contributed by atoms with E-state index in [-0.39, 0.29) is 18.9 Å². The van der Waals surface area contributed by atoms with Crippen molar-refractivity contribution in [3.05, 3.63) is 47.7 Å². The largest absolute Gasteiger partial charge is 0.461 e. The van der Waals surface area contributed by atoms with Crippen molar-refractivity contribution in [3.63, 3.8) is 0 Å². The van der Waals surface area contributed by atoms with E-state index in [2.05, 4.69) is 5.32 Å². The molecule has 1 N–H and O–H groups in total. The molecule has 0 saturated carbocycles. The molecule has 0 spiro atoms. The predicted octanol–water partition coefficient (Wildman–Crippen LogP) is 2.38. The Morgan fingerprint density at radius 3 is 2.47 bits per heavy atom. The summed E-state index contributed by atoms with van der Waals surface area (Å²) in [5, 5.41) is 2.35. The average Bonchev–Trinajstić information content (AvgIpc) is 2.44. The fourth-order valence-electron chi connectivity index (χ4n) is 1.32. The van der Waals surface area contributed by atoms with Gasteiger partial charge in [0.2, 0.25) is 0 Å². The van der Waals surface area contributed by atoms with Crippen LogP contribution in [-0.4, -0.2) is 18.7 Å². The van der Waals surface area contributed by atoms with Crippen LogP contribution in [0.1, 0.15) is 19.4 Å². The maximum atomic E-state index is 11.5. The van der Waals surface area contributed by atoms with Crippen LogP contribution in [0.25, 0.3) is 0 Å². The molecule has 0 bridgehead atoms. The van der Waals surface area contributed by atoms with Crippen LogP contribution in [0.4, 0.5) is 4.79 Å². The zero-order valence-electron chi connectivity index (χ0n) is 11.0. The highest BCUT2D eigenvalue weighted by Crippen LogP contribution is 2.01. The summed E-state index contributed by atoms with van der Waals surface area (Å²) in [6, 6.07) is 9.27. The van der Waals surface area contributed by atoms with Crippen molar-refractivity contribution in [3.8, 4) is 0 Å². The average molecular weight is 263 g/mol. The van der Waals surface area contributed by atoms with Gasteiger partial charge in [0.05, 0.1) is 6.61 Å². The minimum Gasteiger partial charge on any atom is -0.461 e. The van der Waals surface area contributed by atoms with Crippen molar-refractivity contribution in [2.45, 2.75) is 20.5 Å². The predicted molar refractivity (Wildman–Crippen MR) is 70.2 cm³/mol. The third-order valence-corrected chi connectivity index (χ3v) is 2.23. The highest BCUT2D eigenvalue weighted by atomic mass is 16.6. The van der Waals surface area contributed by atoms with E-state index in [1.807, 2.05) is 30.3 Å². The van der Waals surface area contributed by atoms with Gasteiger partial charge in [-0.15, -0.1) is 0 Å². The fourth-order valence-corrected chi connectivity index (χ4v) is 1.32. The van der Waals surface area contributed by atoms with E-state index in [1.165, 1.54) is 6.08 Å². The summed E-state index contributed by atoms with van der Waals surface area (Å²) in [5.41, 5.74) is 0.940. The lowest BCUT2D eigenvalue weighted by molar-refractivity contribution is -0.138. The standard InChI is InChI=1S/C14H17NO4/c1-3-12(13(16)18-4-2)15-14(17)19-10-11-8-6-5-7-9-11/h3,5-9H,4,10H2,1-2H3,(H,15,17)/b12-3+. The van der Waals surface area contributed by atoms with Gasteiger partial charge in [0.1, 0.15) is 12.3 Å². The molecule has 1 aromatic carbocycles. The molecule has 0 heterocycles. The second kappa shape index (κ2) is 7.92. The first kappa shape index (κ1) is 14.8. The molecule has 1 amide bonds. The summed E-state index contributed by atoms with van der Waals surface area (Å²) < 4.78 is 9.77. The van der Waals surface area contributed by atoms with E-state index >= 15 is 0 Å². The second-order valence-corrected chi connectivity index (χ2v) is 3.61. The molecule has 0 aliphatic rings. The Kier molecular flexibility index (Phi) is 6.15. The SMILES string of the molecule is C/C=C(/NC(=O)OCc1ccccc1)C(=O)OCC. The number of benzene rings is 1. The third kappa shape index (κ3) is 5.25. The van der Waals surface area contributed by atoms with Gasteiger partial charge in [0.15, 0.2) is 0 Å². The first-order valence-corrected chi connectivity index (χ1v) is 5.98. The molecule has 1 rings (SSSR count). The van der Waals surface area contributed by atoms with Crippen molar-refractivity contribution in [2.24, 2.45) is 0 Å². The van der Waals surface area contributed by atoms with Crippen LogP contribution in [0.3, 0.4) is 0 Å². The molecule has 0 aliphatic carbocycles. The van der Waals surface area contributed by atoms with Crippen LogP contribution in [0, 0.1) is 0 Å². The Balaban J connectivity index is 2.44. The van der Waals surface area contributed by atoms with Gasteiger partial charge in [0.25, 0.3) is 0 Å². The molecule has 19 heavy (non-hydrogen) atoms. The Morgan fingerprint density at radius 2 is 1.89 bits per heavy atom. The number of carbonyl (C=O) groups excluding carboxylic acids is 2. The number of alkyl carbamates (subject to hydrolysis) is 1. The molecule has 1 aromatic rings. The highest BCUT2D eigenvalue weighted by molar-refractivity contribution is 5.92. The van der Waals surface area contributed by atoms with E-state index < -0.39 is 12.1 Å². The molecule has 5 heteroatoms. The number of esters is 1. The van der Waals surface area contributed by atoms with E-state index in [0.717, 1.165) is 5.56 Å². The minimum atomic E-state index is -0.690. The Bertz CT molecular complexity index is 454. The van der Waals surface area contributed by atoms with E-state index in [4.69, 9.17) is 9.47 Å². The summed E-state index contributed by atoms with van der Waals surface area (Å²) in [7, 11) is 0. The number of rotatable bonds is 5. The van der Waals surface area contributed by atoms with E-state index in [9.17, 15) is 9.59 Å². The molecule has 0 fully saturated rings. The van der Waals surface area contributed by atoms with Crippen molar-refractivity contribution in [2.75, 3.05) is 6.61 Å². The van der Waals surface area contributed by atoms with Crippen LogP contribution in [-0.2, 0) is 20.9 Å². The van der Waals surface area contributed by atoms with Gasteiger partial charge in [0, 0.05) is 0 Å². The third-order valence-electron chi connectivity index (χ3n) is 2.23. The summed E-state index contributed by atoms with van der Waals surface area (Å²) >= 11 is 0. The highest BCUT2D eigenvalue weighted by Gasteiger charge is 2.13.